The fourth-order valence-electron chi connectivity index (χ4n) is 8.45. The van der Waals surface area contributed by atoms with E-state index in [1.165, 1.54) is 58.5 Å². The predicted molar refractivity (Wildman–Crippen MR) is 107 cm³/mol. The molecular formula is C24H40O3. The lowest BCUT2D eigenvalue weighted by Gasteiger charge is -2.62. The van der Waals surface area contributed by atoms with Crippen molar-refractivity contribution in [3.8, 4) is 0 Å². The quantitative estimate of drug-likeness (QED) is 0.673. The number of aliphatic hydroxyl groups is 1. The minimum absolute atomic E-state index is 0.0646. The minimum Gasteiger partial charge on any atom is -0.469 e. The first kappa shape index (κ1) is 19.7. The fraction of sp³-hybridized carbons (Fsp3) is 0.958. The number of hydrogen-bond donors (Lipinski definition) is 1. The molecule has 4 aliphatic carbocycles. The van der Waals surface area contributed by atoms with Crippen LogP contribution in [0.2, 0.25) is 0 Å². The molecule has 154 valence electrons. The van der Waals surface area contributed by atoms with E-state index in [1.807, 2.05) is 0 Å². The molecule has 3 nitrogen and oxygen atoms in total. The lowest BCUT2D eigenvalue weighted by Crippen LogP contribution is -2.57. The van der Waals surface area contributed by atoms with Crippen molar-refractivity contribution >= 4 is 5.97 Å². The Hall–Kier alpha value is -0.570. The van der Waals surface area contributed by atoms with E-state index in [1.54, 1.807) is 0 Å². The van der Waals surface area contributed by atoms with Crippen LogP contribution in [-0.4, -0.2) is 24.3 Å². The van der Waals surface area contributed by atoms with E-state index in [0.717, 1.165) is 37.0 Å². The van der Waals surface area contributed by atoms with Gasteiger partial charge in [-0.25, -0.2) is 0 Å². The molecule has 27 heavy (non-hydrogen) atoms. The van der Waals surface area contributed by atoms with Gasteiger partial charge < -0.3 is 9.84 Å². The van der Waals surface area contributed by atoms with Crippen molar-refractivity contribution in [2.24, 2.45) is 40.4 Å². The van der Waals surface area contributed by atoms with Gasteiger partial charge in [-0.1, -0.05) is 26.7 Å². The normalized spacial score (nSPS) is 49.0. The van der Waals surface area contributed by atoms with E-state index in [-0.39, 0.29) is 17.5 Å². The van der Waals surface area contributed by atoms with Gasteiger partial charge in [0.1, 0.15) is 0 Å². The number of methoxy groups -OCH3 is 1. The summed E-state index contributed by atoms with van der Waals surface area (Å²) in [6.45, 7) is 4.97. The summed E-state index contributed by atoms with van der Waals surface area (Å²) < 4.78 is 4.81. The molecule has 0 heterocycles. The Bertz CT molecular complexity index is 560. The maximum absolute atomic E-state index is 11.5. The SMILES string of the molecule is COC(=O)CCCC1CCC2C3CCC4CCCCC4(C)C3C[C@H](O)C12C. The van der Waals surface area contributed by atoms with Gasteiger partial charge in [0.25, 0.3) is 0 Å². The van der Waals surface area contributed by atoms with Gasteiger partial charge in [-0.15, -0.1) is 0 Å². The molecule has 7 unspecified atom stereocenters. The van der Waals surface area contributed by atoms with Crippen LogP contribution in [0.4, 0.5) is 0 Å². The van der Waals surface area contributed by atoms with Crippen LogP contribution < -0.4 is 0 Å². The molecule has 4 aliphatic rings. The van der Waals surface area contributed by atoms with Gasteiger partial charge in [-0.05, 0) is 98.2 Å². The molecule has 0 saturated heterocycles. The van der Waals surface area contributed by atoms with Crippen molar-refractivity contribution in [3.63, 3.8) is 0 Å². The number of carbonyl (C=O) groups excluding carboxylic acids is 1. The maximum atomic E-state index is 11.5. The van der Waals surface area contributed by atoms with Crippen molar-refractivity contribution in [2.45, 2.75) is 97.0 Å². The number of carbonyl (C=O) groups is 1. The van der Waals surface area contributed by atoms with Crippen molar-refractivity contribution in [1.29, 1.82) is 0 Å². The highest BCUT2D eigenvalue weighted by molar-refractivity contribution is 5.68. The van der Waals surface area contributed by atoms with E-state index >= 15 is 0 Å². The molecule has 0 aromatic rings. The molecule has 8 atom stereocenters. The molecular weight excluding hydrogens is 336 g/mol. The third-order valence-electron chi connectivity index (χ3n) is 10.0. The van der Waals surface area contributed by atoms with Crippen LogP contribution in [0, 0.1) is 40.4 Å². The monoisotopic (exact) mass is 376 g/mol. The first-order valence-corrected chi connectivity index (χ1v) is 11.7. The van der Waals surface area contributed by atoms with Gasteiger partial charge in [-0.3, -0.25) is 4.79 Å². The number of fused-ring (bicyclic) bond motifs is 5. The lowest BCUT2D eigenvalue weighted by atomic mass is 9.44. The third kappa shape index (κ3) is 3.07. The molecule has 0 aromatic carbocycles. The number of rotatable bonds is 4. The molecule has 1 N–H and O–H groups in total. The van der Waals surface area contributed by atoms with Gasteiger partial charge in [-0.2, -0.15) is 0 Å². The number of ether oxygens (including phenoxy) is 1. The van der Waals surface area contributed by atoms with E-state index in [0.29, 0.717) is 23.7 Å². The van der Waals surface area contributed by atoms with Crippen LogP contribution in [0.1, 0.15) is 90.9 Å². The Labute approximate surface area is 165 Å². The summed E-state index contributed by atoms with van der Waals surface area (Å²) in [7, 11) is 1.47. The summed E-state index contributed by atoms with van der Waals surface area (Å²) in [5.41, 5.74) is 0.543. The zero-order valence-electron chi connectivity index (χ0n) is 17.7. The maximum Gasteiger partial charge on any atom is 0.305 e. The molecule has 0 amide bonds. The van der Waals surface area contributed by atoms with E-state index in [4.69, 9.17) is 4.74 Å². The largest absolute Gasteiger partial charge is 0.469 e. The Kier molecular flexibility index (Phi) is 5.37. The van der Waals surface area contributed by atoms with Gasteiger partial charge in [0.15, 0.2) is 0 Å². The average molecular weight is 377 g/mol. The molecule has 4 fully saturated rings. The highest BCUT2D eigenvalue weighted by Crippen LogP contribution is 2.67. The van der Waals surface area contributed by atoms with E-state index in [2.05, 4.69) is 13.8 Å². The average Bonchev–Trinajstić information content (AvgIpc) is 3.00. The highest BCUT2D eigenvalue weighted by atomic mass is 16.5. The second kappa shape index (κ2) is 7.35. The Morgan fingerprint density at radius 1 is 1.07 bits per heavy atom. The van der Waals surface area contributed by atoms with Crippen molar-refractivity contribution < 1.29 is 14.6 Å². The molecule has 0 radical (unpaired) electrons. The summed E-state index contributed by atoms with van der Waals surface area (Å²) in [5, 5.41) is 11.4. The Balaban J connectivity index is 1.50. The first-order chi connectivity index (χ1) is 12.9. The fourth-order valence-corrected chi connectivity index (χ4v) is 8.45. The van der Waals surface area contributed by atoms with Gasteiger partial charge in [0.2, 0.25) is 0 Å². The van der Waals surface area contributed by atoms with E-state index < -0.39 is 0 Å². The predicted octanol–water partition coefficient (Wildman–Crippen LogP) is 5.35. The molecule has 0 aromatic heterocycles. The molecule has 4 saturated carbocycles. The summed E-state index contributed by atoms with van der Waals surface area (Å²) in [6, 6.07) is 0. The Morgan fingerprint density at radius 2 is 1.89 bits per heavy atom. The number of hydrogen-bond acceptors (Lipinski definition) is 3. The number of aliphatic hydroxyl groups excluding tert-OH is 1. The lowest BCUT2D eigenvalue weighted by molar-refractivity contribution is -0.164. The molecule has 4 rings (SSSR count). The molecule has 0 aliphatic heterocycles. The zero-order chi connectivity index (χ0) is 19.2. The third-order valence-corrected chi connectivity index (χ3v) is 10.0. The molecule has 0 bridgehead atoms. The van der Waals surface area contributed by atoms with Gasteiger partial charge in [0, 0.05) is 6.42 Å². The summed E-state index contributed by atoms with van der Waals surface area (Å²) in [6.07, 6.45) is 14.3. The first-order valence-electron chi connectivity index (χ1n) is 11.7. The minimum atomic E-state index is -0.160. The van der Waals surface area contributed by atoms with Crippen LogP contribution in [0.15, 0.2) is 0 Å². The van der Waals surface area contributed by atoms with Crippen LogP contribution in [0.5, 0.6) is 0 Å². The second-order valence-electron chi connectivity index (χ2n) is 10.8. The van der Waals surface area contributed by atoms with Crippen LogP contribution in [0.25, 0.3) is 0 Å². The Morgan fingerprint density at radius 3 is 2.67 bits per heavy atom. The van der Waals surface area contributed by atoms with Gasteiger partial charge in [0.05, 0.1) is 13.2 Å². The van der Waals surface area contributed by atoms with Crippen LogP contribution in [-0.2, 0) is 9.53 Å². The standard InChI is InChI=1S/C24H40O3/c1-23-14-5-4-7-16(23)10-12-18-19-13-11-17(8-6-9-22(26)27-3)24(19,2)21(25)15-20(18)23/h16-21,25H,4-15H2,1-3H3/t16?,17?,18?,19?,20?,21-,23?,24?/m0/s1. The van der Waals surface area contributed by atoms with Crippen molar-refractivity contribution in [3.05, 3.63) is 0 Å². The van der Waals surface area contributed by atoms with Crippen LogP contribution in [0.3, 0.4) is 0 Å². The second-order valence-corrected chi connectivity index (χ2v) is 10.8. The van der Waals surface area contributed by atoms with Crippen LogP contribution >= 0.6 is 0 Å². The topological polar surface area (TPSA) is 46.5 Å². The molecule has 3 heteroatoms. The van der Waals surface area contributed by atoms with Crippen molar-refractivity contribution in [2.75, 3.05) is 7.11 Å². The number of esters is 1. The zero-order valence-corrected chi connectivity index (χ0v) is 17.7. The molecule has 0 spiro atoms. The summed E-state index contributed by atoms with van der Waals surface area (Å²) in [5.74, 6) is 3.62. The van der Waals surface area contributed by atoms with E-state index in [9.17, 15) is 9.90 Å². The summed E-state index contributed by atoms with van der Waals surface area (Å²) in [4.78, 5) is 11.5. The smallest absolute Gasteiger partial charge is 0.305 e. The highest BCUT2D eigenvalue weighted by Gasteiger charge is 2.62. The summed E-state index contributed by atoms with van der Waals surface area (Å²) >= 11 is 0. The van der Waals surface area contributed by atoms with Gasteiger partial charge >= 0.3 is 5.97 Å². The van der Waals surface area contributed by atoms with Crippen molar-refractivity contribution in [1.82, 2.24) is 0 Å².